The van der Waals surface area contributed by atoms with Crippen molar-refractivity contribution in [1.29, 1.82) is 0 Å². The molecule has 2 aliphatic heterocycles. The number of hydrogen-bond donors (Lipinski definition) is 0. The molecule has 5 nitrogen and oxygen atoms in total. The zero-order valence-corrected chi connectivity index (χ0v) is 13.7. The van der Waals surface area contributed by atoms with Crippen molar-refractivity contribution in [3.8, 4) is 0 Å². The van der Waals surface area contributed by atoms with Crippen molar-refractivity contribution in [3.05, 3.63) is 17.6 Å². The van der Waals surface area contributed by atoms with Crippen LogP contribution in [-0.2, 0) is 17.6 Å². The van der Waals surface area contributed by atoms with Gasteiger partial charge in [-0.2, -0.15) is 0 Å². The molecule has 2 fully saturated rings. The van der Waals surface area contributed by atoms with Gasteiger partial charge in [0, 0.05) is 50.3 Å². The van der Waals surface area contributed by atoms with Gasteiger partial charge in [0.05, 0.1) is 5.92 Å². The summed E-state index contributed by atoms with van der Waals surface area (Å²) in [6.45, 7) is 1.77. The van der Waals surface area contributed by atoms with Crippen molar-refractivity contribution in [2.45, 2.75) is 44.4 Å². The van der Waals surface area contributed by atoms with Crippen LogP contribution in [0.25, 0.3) is 0 Å². The van der Waals surface area contributed by atoms with Crippen LogP contribution < -0.4 is 4.90 Å². The Kier molecular flexibility index (Phi) is 3.89. The summed E-state index contributed by atoms with van der Waals surface area (Å²) in [7, 11) is 0. The Morgan fingerprint density at radius 1 is 1.17 bits per heavy atom. The molecule has 1 unspecified atom stereocenters. The smallest absolute Gasteiger partial charge is 0.251 e. The van der Waals surface area contributed by atoms with Crippen molar-refractivity contribution in [1.82, 2.24) is 14.9 Å². The van der Waals surface area contributed by atoms with Crippen molar-refractivity contribution in [3.63, 3.8) is 0 Å². The van der Waals surface area contributed by atoms with Crippen LogP contribution in [0.4, 0.5) is 14.6 Å². The fourth-order valence-corrected chi connectivity index (χ4v) is 4.08. The largest absolute Gasteiger partial charge is 0.355 e. The van der Waals surface area contributed by atoms with Crippen LogP contribution in [0, 0.1) is 5.92 Å². The first-order valence-electron chi connectivity index (χ1n) is 8.78. The van der Waals surface area contributed by atoms with Gasteiger partial charge in [-0.3, -0.25) is 4.79 Å². The molecule has 1 aromatic rings. The van der Waals surface area contributed by atoms with E-state index in [4.69, 9.17) is 0 Å². The number of aryl methyl sites for hydroxylation is 1. The Hall–Kier alpha value is -1.79. The molecule has 0 saturated carbocycles. The van der Waals surface area contributed by atoms with Gasteiger partial charge in [-0.05, 0) is 25.7 Å². The molecule has 0 spiro atoms. The second kappa shape index (κ2) is 5.93. The molecule has 0 radical (unpaired) electrons. The molecular formula is C17H22F2N4O. The molecule has 3 aliphatic rings. The highest BCUT2D eigenvalue weighted by Crippen LogP contribution is 2.33. The van der Waals surface area contributed by atoms with Crippen LogP contribution in [-0.4, -0.2) is 52.9 Å². The van der Waals surface area contributed by atoms with Gasteiger partial charge in [-0.15, -0.1) is 0 Å². The Labute approximate surface area is 140 Å². The van der Waals surface area contributed by atoms with Gasteiger partial charge in [0.1, 0.15) is 12.1 Å². The van der Waals surface area contributed by atoms with Crippen LogP contribution in [0.15, 0.2) is 6.33 Å². The molecule has 1 amide bonds. The number of halogens is 2. The normalized spacial score (nSPS) is 25.8. The maximum atomic E-state index is 13.3. The number of piperidine rings is 1. The SMILES string of the molecule is O=C(C1CCN(c2ncnc3c2CCC3)C1)N1CCC(F)(F)CC1. The van der Waals surface area contributed by atoms with Gasteiger partial charge in [0.25, 0.3) is 5.92 Å². The summed E-state index contributed by atoms with van der Waals surface area (Å²) in [4.78, 5) is 25.2. The summed E-state index contributed by atoms with van der Waals surface area (Å²) >= 11 is 0. The quantitative estimate of drug-likeness (QED) is 0.829. The second-order valence-corrected chi connectivity index (χ2v) is 7.09. The van der Waals surface area contributed by atoms with Crippen molar-refractivity contribution < 1.29 is 13.6 Å². The van der Waals surface area contributed by atoms with E-state index in [-0.39, 0.29) is 37.8 Å². The lowest BCUT2D eigenvalue weighted by atomic mass is 10.0. The number of amides is 1. The molecule has 1 aromatic heterocycles. The molecule has 1 atom stereocenters. The highest BCUT2D eigenvalue weighted by molar-refractivity contribution is 5.80. The highest BCUT2D eigenvalue weighted by Gasteiger charge is 2.39. The number of anilines is 1. The van der Waals surface area contributed by atoms with Gasteiger partial charge >= 0.3 is 0 Å². The van der Waals surface area contributed by atoms with Crippen LogP contribution in [0.1, 0.15) is 36.9 Å². The summed E-state index contributed by atoms with van der Waals surface area (Å²) in [5.41, 5.74) is 2.36. The van der Waals surface area contributed by atoms with Crippen molar-refractivity contribution in [2.24, 2.45) is 5.92 Å². The lowest BCUT2D eigenvalue weighted by Gasteiger charge is -2.33. The maximum absolute atomic E-state index is 13.3. The van der Waals surface area contributed by atoms with Crippen LogP contribution >= 0.6 is 0 Å². The van der Waals surface area contributed by atoms with Gasteiger partial charge < -0.3 is 9.80 Å². The Balaban J connectivity index is 1.42. The van der Waals surface area contributed by atoms with Gasteiger partial charge in [-0.1, -0.05) is 0 Å². The standard InChI is InChI=1S/C17H22F2N4O/c18-17(19)5-8-22(9-6-17)16(24)12-4-7-23(10-12)15-13-2-1-3-14(13)20-11-21-15/h11-12H,1-10H2. The van der Waals surface area contributed by atoms with Crippen LogP contribution in [0.3, 0.4) is 0 Å². The van der Waals surface area contributed by atoms with E-state index in [0.717, 1.165) is 43.7 Å². The molecule has 24 heavy (non-hydrogen) atoms. The topological polar surface area (TPSA) is 49.3 Å². The molecule has 130 valence electrons. The summed E-state index contributed by atoms with van der Waals surface area (Å²) in [6, 6.07) is 0. The fourth-order valence-electron chi connectivity index (χ4n) is 4.08. The number of carbonyl (C=O) groups excluding carboxylic acids is 1. The monoisotopic (exact) mass is 336 g/mol. The second-order valence-electron chi connectivity index (χ2n) is 7.09. The van der Waals surface area contributed by atoms with E-state index in [1.165, 1.54) is 5.56 Å². The molecule has 7 heteroatoms. The summed E-state index contributed by atoms with van der Waals surface area (Å²) in [6.07, 6.45) is 5.07. The maximum Gasteiger partial charge on any atom is 0.251 e. The van der Waals surface area contributed by atoms with Gasteiger partial charge in [0.2, 0.25) is 5.91 Å². The minimum absolute atomic E-state index is 0.0266. The van der Waals surface area contributed by atoms with E-state index in [9.17, 15) is 13.6 Å². The number of likely N-dealkylation sites (tertiary alicyclic amines) is 1. The average Bonchev–Trinajstić information content (AvgIpc) is 3.23. The van der Waals surface area contributed by atoms with E-state index < -0.39 is 5.92 Å². The number of alkyl halides is 2. The van der Waals surface area contributed by atoms with Crippen molar-refractivity contribution in [2.75, 3.05) is 31.1 Å². The Bertz CT molecular complexity index is 641. The van der Waals surface area contributed by atoms with Crippen LogP contribution in [0.5, 0.6) is 0 Å². The number of fused-ring (bicyclic) bond motifs is 1. The number of aromatic nitrogens is 2. The molecule has 0 N–H and O–H groups in total. The molecule has 4 rings (SSSR count). The molecular weight excluding hydrogens is 314 g/mol. The first kappa shape index (κ1) is 15.7. The van der Waals surface area contributed by atoms with E-state index in [0.29, 0.717) is 6.54 Å². The van der Waals surface area contributed by atoms with E-state index in [1.807, 2.05) is 0 Å². The van der Waals surface area contributed by atoms with E-state index in [2.05, 4.69) is 14.9 Å². The van der Waals surface area contributed by atoms with E-state index >= 15 is 0 Å². The predicted molar refractivity (Wildman–Crippen MR) is 85.1 cm³/mol. The number of carbonyl (C=O) groups is 1. The number of hydrogen-bond acceptors (Lipinski definition) is 4. The molecule has 3 heterocycles. The predicted octanol–water partition coefficient (Wildman–Crippen LogP) is 2.05. The third kappa shape index (κ3) is 2.84. The lowest BCUT2D eigenvalue weighted by Crippen LogP contribution is -2.45. The first-order valence-corrected chi connectivity index (χ1v) is 8.78. The molecule has 2 saturated heterocycles. The summed E-state index contributed by atoms with van der Waals surface area (Å²) in [5, 5.41) is 0. The summed E-state index contributed by atoms with van der Waals surface area (Å²) < 4.78 is 26.5. The molecule has 0 bridgehead atoms. The fraction of sp³-hybridized carbons (Fsp3) is 0.706. The minimum Gasteiger partial charge on any atom is -0.355 e. The summed E-state index contributed by atoms with van der Waals surface area (Å²) in [5.74, 6) is -1.72. The van der Waals surface area contributed by atoms with E-state index in [1.54, 1.807) is 11.2 Å². The average molecular weight is 336 g/mol. The first-order chi connectivity index (χ1) is 11.5. The highest BCUT2D eigenvalue weighted by atomic mass is 19.3. The Morgan fingerprint density at radius 2 is 1.96 bits per heavy atom. The minimum atomic E-state index is -2.61. The molecule has 1 aliphatic carbocycles. The Morgan fingerprint density at radius 3 is 2.75 bits per heavy atom. The van der Waals surface area contributed by atoms with Crippen molar-refractivity contribution >= 4 is 11.7 Å². The third-order valence-electron chi connectivity index (χ3n) is 5.50. The lowest BCUT2D eigenvalue weighted by molar-refractivity contribution is -0.140. The van der Waals surface area contributed by atoms with Gasteiger partial charge in [0.15, 0.2) is 0 Å². The third-order valence-corrected chi connectivity index (χ3v) is 5.50. The zero-order valence-electron chi connectivity index (χ0n) is 13.7. The zero-order chi connectivity index (χ0) is 16.7. The van der Waals surface area contributed by atoms with Crippen LogP contribution in [0.2, 0.25) is 0 Å². The van der Waals surface area contributed by atoms with Gasteiger partial charge in [-0.25, -0.2) is 18.7 Å². The number of nitrogens with zero attached hydrogens (tertiary/aromatic N) is 4. The number of rotatable bonds is 2. The molecule has 0 aromatic carbocycles.